The Bertz CT molecular complexity index is 427. The van der Waals surface area contributed by atoms with E-state index in [1.165, 1.54) is 6.92 Å². The lowest BCUT2D eigenvalue weighted by molar-refractivity contribution is -0.145. The second kappa shape index (κ2) is 4.71. The Hall–Kier alpha value is -1.38. The van der Waals surface area contributed by atoms with Crippen LogP contribution in [0.1, 0.15) is 40.0 Å². The average molecular weight is 248 g/mol. The lowest BCUT2D eigenvalue weighted by Crippen LogP contribution is -2.34. The van der Waals surface area contributed by atoms with E-state index in [0.29, 0.717) is 0 Å². The fraction of sp³-hybridized carbons (Fsp3) is 0.600. The lowest BCUT2D eigenvalue weighted by atomic mass is 9.72. The van der Waals surface area contributed by atoms with Gasteiger partial charge in [0, 0.05) is 12.8 Å². The highest BCUT2D eigenvalue weighted by atomic mass is 16.5. The van der Waals surface area contributed by atoms with Crippen molar-refractivity contribution < 1.29 is 14.3 Å². The molecule has 0 heterocycles. The van der Waals surface area contributed by atoms with Crippen LogP contribution in [-0.2, 0) is 14.3 Å². The largest absolute Gasteiger partial charge is 0.458 e. The molecule has 3 nitrogen and oxygen atoms in total. The number of ketones is 1. The predicted molar refractivity (Wildman–Crippen MR) is 68.9 cm³/mol. The van der Waals surface area contributed by atoms with E-state index in [2.05, 4.69) is 0 Å². The molecule has 1 fully saturated rings. The third-order valence-electron chi connectivity index (χ3n) is 3.95. The number of carbonyl (C=O) groups excluding carboxylic acids is 2. The van der Waals surface area contributed by atoms with E-state index in [0.717, 1.165) is 24.8 Å². The van der Waals surface area contributed by atoms with Crippen LogP contribution < -0.4 is 0 Å². The quantitative estimate of drug-likeness (QED) is 0.438. The second-order valence-corrected chi connectivity index (χ2v) is 5.46. The number of carbonyl (C=O) groups is 2. The van der Waals surface area contributed by atoms with Crippen molar-refractivity contribution in [3.8, 4) is 0 Å². The summed E-state index contributed by atoms with van der Waals surface area (Å²) in [6.45, 7) is 5.27. The van der Waals surface area contributed by atoms with Crippen molar-refractivity contribution in [3.05, 3.63) is 23.8 Å². The lowest BCUT2D eigenvalue weighted by Gasteiger charge is -2.33. The minimum atomic E-state index is -0.252. The van der Waals surface area contributed by atoms with Gasteiger partial charge in [0.1, 0.15) is 6.10 Å². The third kappa shape index (κ3) is 2.40. The van der Waals surface area contributed by atoms with Crippen molar-refractivity contribution in [2.75, 3.05) is 0 Å². The molecule has 98 valence electrons. The molecule has 2 atom stereocenters. The predicted octanol–water partition coefficient (Wildman–Crippen LogP) is 2.81. The first-order valence-electron chi connectivity index (χ1n) is 6.50. The van der Waals surface area contributed by atoms with Gasteiger partial charge in [0.15, 0.2) is 5.78 Å². The molecular weight excluding hydrogens is 228 g/mol. The van der Waals surface area contributed by atoms with Gasteiger partial charge in [0.25, 0.3) is 0 Å². The molecule has 0 aromatic heterocycles. The molecule has 0 aliphatic heterocycles. The summed E-state index contributed by atoms with van der Waals surface area (Å²) in [7, 11) is 0. The zero-order valence-electron chi connectivity index (χ0n) is 11.2. The molecule has 0 aromatic carbocycles. The summed E-state index contributed by atoms with van der Waals surface area (Å²) in [6, 6.07) is 0. The Labute approximate surface area is 108 Å². The highest BCUT2D eigenvalue weighted by Gasteiger charge is 2.55. The van der Waals surface area contributed by atoms with Gasteiger partial charge in [-0.2, -0.15) is 0 Å². The molecule has 0 N–H and O–H groups in total. The highest BCUT2D eigenvalue weighted by Crippen LogP contribution is 2.60. The van der Waals surface area contributed by atoms with Gasteiger partial charge in [0.2, 0.25) is 0 Å². The van der Waals surface area contributed by atoms with Crippen LogP contribution in [0, 0.1) is 11.3 Å². The summed E-state index contributed by atoms with van der Waals surface area (Å²) < 4.78 is 5.28. The maximum atomic E-state index is 12.2. The van der Waals surface area contributed by atoms with Gasteiger partial charge in [-0.3, -0.25) is 9.59 Å². The molecule has 0 amide bonds. The van der Waals surface area contributed by atoms with Gasteiger partial charge >= 0.3 is 5.97 Å². The van der Waals surface area contributed by atoms with E-state index in [1.807, 2.05) is 19.9 Å². The second-order valence-electron chi connectivity index (χ2n) is 5.46. The topological polar surface area (TPSA) is 43.4 Å². The standard InChI is InChI=1S/C15H20O3/c1-4-5-13(17)14-10(2)8-12(18-11(3)16)9-15(14)6-7-15/h4-5,8,12,14H,6-7,9H2,1-3H3. The number of ether oxygens (including phenoxy) is 1. The Morgan fingerprint density at radius 2 is 2.11 bits per heavy atom. The molecule has 1 saturated carbocycles. The SMILES string of the molecule is CC=CC(=O)C1C(C)=CC(OC(C)=O)CC12CC2. The van der Waals surface area contributed by atoms with Gasteiger partial charge < -0.3 is 4.74 Å². The van der Waals surface area contributed by atoms with E-state index in [4.69, 9.17) is 4.74 Å². The van der Waals surface area contributed by atoms with Crippen molar-refractivity contribution in [2.45, 2.75) is 46.1 Å². The smallest absolute Gasteiger partial charge is 0.303 e. The summed E-state index contributed by atoms with van der Waals surface area (Å²) in [5, 5.41) is 0. The van der Waals surface area contributed by atoms with Crippen molar-refractivity contribution in [1.82, 2.24) is 0 Å². The fourth-order valence-electron chi connectivity index (χ4n) is 3.18. The molecule has 2 unspecified atom stereocenters. The van der Waals surface area contributed by atoms with Gasteiger partial charge in [-0.15, -0.1) is 0 Å². The fourth-order valence-corrected chi connectivity index (χ4v) is 3.18. The van der Waals surface area contributed by atoms with E-state index in [9.17, 15) is 9.59 Å². The number of allylic oxidation sites excluding steroid dienone is 3. The van der Waals surface area contributed by atoms with Crippen LogP contribution >= 0.6 is 0 Å². The molecule has 2 rings (SSSR count). The molecule has 1 spiro atoms. The maximum Gasteiger partial charge on any atom is 0.303 e. The normalized spacial score (nSPS) is 29.2. The Balaban J connectivity index is 2.22. The molecule has 0 bridgehead atoms. The van der Waals surface area contributed by atoms with Crippen LogP contribution in [-0.4, -0.2) is 17.9 Å². The summed E-state index contributed by atoms with van der Waals surface area (Å²) >= 11 is 0. The first kappa shape index (κ1) is 13.1. The van der Waals surface area contributed by atoms with Crippen molar-refractivity contribution in [2.24, 2.45) is 11.3 Å². The first-order valence-corrected chi connectivity index (χ1v) is 6.50. The number of hydrogen-bond donors (Lipinski definition) is 0. The maximum absolute atomic E-state index is 12.2. The zero-order chi connectivity index (χ0) is 13.3. The van der Waals surface area contributed by atoms with Crippen molar-refractivity contribution in [3.63, 3.8) is 0 Å². The third-order valence-corrected chi connectivity index (χ3v) is 3.95. The summed E-state index contributed by atoms with van der Waals surface area (Å²) in [4.78, 5) is 23.2. The van der Waals surface area contributed by atoms with Gasteiger partial charge in [-0.1, -0.05) is 11.6 Å². The Morgan fingerprint density at radius 1 is 1.44 bits per heavy atom. The first-order chi connectivity index (χ1) is 8.48. The Kier molecular flexibility index (Phi) is 3.42. The van der Waals surface area contributed by atoms with Gasteiger partial charge in [-0.25, -0.2) is 0 Å². The van der Waals surface area contributed by atoms with Gasteiger partial charge in [0.05, 0.1) is 0 Å². The summed E-state index contributed by atoms with van der Waals surface area (Å²) in [6.07, 6.45) is 8.15. The van der Waals surface area contributed by atoms with Crippen molar-refractivity contribution in [1.29, 1.82) is 0 Å². The number of rotatable bonds is 3. The van der Waals surface area contributed by atoms with Crippen molar-refractivity contribution >= 4 is 11.8 Å². The minimum absolute atomic E-state index is 0.0134. The van der Waals surface area contributed by atoms with Crippen LogP contribution in [0.5, 0.6) is 0 Å². The minimum Gasteiger partial charge on any atom is -0.458 e. The van der Waals surface area contributed by atoms with Crippen LogP contribution in [0.25, 0.3) is 0 Å². The van der Waals surface area contributed by atoms with E-state index in [1.54, 1.807) is 12.2 Å². The molecule has 0 radical (unpaired) electrons. The molecule has 18 heavy (non-hydrogen) atoms. The highest BCUT2D eigenvalue weighted by molar-refractivity contribution is 5.94. The molecule has 2 aliphatic rings. The van der Waals surface area contributed by atoms with Crippen LogP contribution in [0.3, 0.4) is 0 Å². The number of esters is 1. The summed E-state index contributed by atoms with van der Waals surface area (Å²) in [5.41, 5.74) is 1.10. The van der Waals surface area contributed by atoms with E-state index >= 15 is 0 Å². The molecular formula is C15H20O3. The molecule has 3 heteroatoms. The number of hydrogen-bond acceptors (Lipinski definition) is 3. The van der Waals surface area contributed by atoms with Gasteiger partial charge in [-0.05, 0) is 50.7 Å². The van der Waals surface area contributed by atoms with Crippen LogP contribution in [0.4, 0.5) is 0 Å². The van der Waals surface area contributed by atoms with Crippen LogP contribution in [0.15, 0.2) is 23.8 Å². The Morgan fingerprint density at radius 3 is 2.61 bits per heavy atom. The molecule has 2 aliphatic carbocycles. The van der Waals surface area contributed by atoms with Crippen LogP contribution in [0.2, 0.25) is 0 Å². The molecule has 0 aromatic rings. The monoisotopic (exact) mass is 248 g/mol. The zero-order valence-corrected chi connectivity index (χ0v) is 11.2. The average Bonchev–Trinajstić information content (AvgIpc) is 2.96. The van der Waals surface area contributed by atoms with E-state index < -0.39 is 0 Å². The molecule has 0 saturated heterocycles. The summed E-state index contributed by atoms with van der Waals surface area (Å²) in [5.74, 6) is -0.0800. The van der Waals surface area contributed by atoms with E-state index in [-0.39, 0.29) is 29.2 Å².